The molecular weight excluding hydrogens is 332 g/mol. The normalized spacial score (nSPS) is 12.3. The molecule has 0 aliphatic carbocycles. The van der Waals surface area contributed by atoms with E-state index in [1.807, 2.05) is 6.08 Å². The van der Waals surface area contributed by atoms with Crippen LogP contribution in [0, 0.1) is 5.92 Å². The summed E-state index contributed by atoms with van der Waals surface area (Å²) >= 11 is 0. The molecule has 5 heteroatoms. The van der Waals surface area contributed by atoms with Crippen LogP contribution in [-0.4, -0.2) is 27.9 Å². The zero-order valence-corrected chi connectivity index (χ0v) is 16.3. The third kappa shape index (κ3) is 15.9. The molecule has 0 radical (unpaired) electrons. The summed E-state index contributed by atoms with van der Waals surface area (Å²) in [7, 11) is 0. The molecule has 5 nitrogen and oxygen atoms in total. The highest BCUT2D eigenvalue weighted by molar-refractivity contribution is 5.78. The topological polar surface area (TPSA) is 91.7 Å². The van der Waals surface area contributed by atoms with E-state index in [4.69, 9.17) is 10.2 Å². The largest absolute Gasteiger partial charge is 0.481 e. The number of aliphatic carboxylic acids is 2. The zero-order chi connectivity index (χ0) is 19.6. The third-order valence-corrected chi connectivity index (χ3v) is 4.49. The molecule has 0 unspecified atom stereocenters. The van der Waals surface area contributed by atoms with Gasteiger partial charge in [0, 0.05) is 12.8 Å². The second-order valence-electron chi connectivity index (χ2n) is 7.00. The van der Waals surface area contributed by atoms with E-state index in [0.29, 0.717) is 12.2 Å². The summed E-state index contributed by atoms with van der Waals surface area (Å²) < 4.78 is 0. The second-order valence-corrected chi connectivity index (χ2v) is 7.00. The van der Waals surface area contributed by atoms with Crippen LogP contribution in [0.2, 0.25) is 0 Å². The number of carbonyl (C=O) groups excluding carboxylic acids is 1. The number of carbonyl (C=O) groups is 3. The first-order valence-corrected chi connectivity index (χ1v) is 10.1. The lowest BCUT2D eigenvalue weighted by atomic mass is 10.0. The first-order chi connectivity index (χ1) is 12.5. The Balaban J connectivity index is 3.55. The van der Waals surface area contributed by atoms with Crippen molar-refractivity contribution in [3.05, 3.63) is 12.2 Å². The van der Waals surface area contributed by atoms with Crippen molar-refractivity contribution < 1.29 is 24.6 Å². The maximum Gasteiger partial charge on any atom is 0.307 e. The Morgan fingerprint density at radius 1 is 0.808 bits per heavy atom. The van der Waals surface area contributed by atoms with E-state index >= 15 is 0 Å². The molecule has 1 atom stereocenters. The second kappa shape index (κ2) is 16.8. The average molecular weight is 369 g/mol. The number of hydrogen-bond donors (Lipinski definition) is 2. The lowest BCUT2D eigenvalue weighted by Crippen LogP contribution is -2.16. The fourth-order valence-corrected chi connectivity index (χ4v) is 2.85. The van der Waals surface area contributed by atoms with E-state index in [1.165, 1.54) is 25.7 Å². The van der Waals surface area contributed by atoms with Crippen molar-refractivity contribution in [1.82, 2.24) is 0 Å². The van der Waals surface area contributed by atoms with Crippen molar-refractivity contribution in [1.29, 1.82) is 0 Å². The van der Waals surface area contributed by atoms with Gasteiger partial charge in [0.1, 0.15) is 5.78 Å². The molecule has 0 fully saturated rings. The quantitative estimate of drug-likeness (QED) is 0.250. The number of Topliss-reactive ketones (excluding diaryl/α,β-unsaturated/α-hetero) is 1. The first kappa shape index (κ1) is 24.4. The smallest absolute Gasteiger partial charge is 0.307 e. The van der Waals surface area contributed by atoms with Crippen molar-refractivity contribution in [3.8, 4) is 0 Å². The Bertz CT molecular complexity index is 428. The minimum Gasteiger partial charge on any atom is -0.481 e. The fourth-order valence-electron chi connectivity index (χ4n) is 2.85. The molecule has 2 N–H and O–H groups in total. The summed E-state index contributed by atoms with van der Waals surface area (Å²) in [5, 5.41) is 17.6. The van der Waals surface area contributed by atoms with Gasteiger partial charge < -0.3 is 10.2 Å². The van der Waals surface area contributed by atoms with Crippen molar-refractivity contribution in [2.45, 2.75) is 96.8 Å². The molecule has 0 saturated heterocycles. The van der Waals surface area contributed by atoms with Gasteiger partial charge in [-0.1, -0.05) is 57.6 Å². The first-order valence-electron chi connectivity index (χ1n) is 10.1. The van der Waals surface area contributed by atoms with Crippen molar-refractivity contribution in [3.63, 3.8) is 0 Å². The monoisotopic (exact) mass is 368 g/mol. The van der Waals surface area contributed by atoms with Crippen molar-refractivity contribution >= 4 is 17.7 Å². The number of allylic oxidation sites excluding steroid dienone is 2. The molecule has 0 bridgehead atoms. The highest BCUT2D eigenvalue weighted by Crippen LogP contribution is 2.12. The summed E-state index contributed by atoms with van der Waals surface area (Å²) in [4.78, 5) is 33.2. The molecule has 0 amide bonds. The SMILES string of the molecule is CCCCCCCC(=O)CCCCCC/C=C/C[C@@H](CC(=O)O)C(=O)O. The van der Waals surface area contributed by atoms with Gasteiger partial charge in [-0.3, -0.25) is 14.4 Å². The van der Waals surface area contributed by atoms with Crippen LogP contribution in [0.15, 0.2) is 12.2 Å². The van der Waals surface area contributed by atoms with E-state index in [9.17, 15) is 14.4 Å². The van der Waals surface area contributed by atoms with E-state index in [1.54, 1.807) is 6.08 Å². The summed E-state index contributed by atoms with van der Waals surface area (Å²) in [6, 6.07) is 0. The molecule has 0 aliphatic heterocycles. The van der Waals surface area contributed by atoms with Gasteiger partial charge >= 0.3 is 11.9 Å². The third-order valence-electron chi connectivity index (χ3n) is 4.49. The predicted molar refractivity (Wildman–Crippen MR) is 103 cm³/mol. The molecule has 0 saturated carbocycles. The Morgan fingerprint density at radius 2 is 1.38 bits per heavy atom. The summed E-state index contributed by atoms with van der Waals surface area (Å²) in [5.41, 5.74) is 0. The Labute approximate surface area is 157 Å². The predicted octanol–water partition coefficient (Wildman–Crippen LogP) is 5.38. The average Bonchev–Trinajstić information content (AvgIpc) is 2.58. The maximum absolute atomic E-state index is 11.7. The van der Waals surface area contributed by atoms with Crippen LogP contribution in [-0.2, 0) is 14.4 Å². The molecule has 26 heavy (non-hydrogen) atoms. The van der Waals surface area contributed by atoms with Crippen molar-refractivity contribution in [2.24, 2.45) is 5.92 Å². The van der Waals surface area contributed by atoms with Gasteiger partial charge in [-0.05, 0) is 32.1 Å². The number of unbranched alkanes of at least 4 members (excludes halogenated alkanes) is 8. The molecule has 0 aromatic rings. The van der Waals surface area contributed by atoms with Crippen LogP contribution in [0.4, 0.5) is 0 Å². The van der Waals surface area contributed by atoms with Crippen LogP contribution in [0.25, 0.3) is 0 Å². The van der Waals surface area contributed by atoms with Crippen LogP contribution in [0.3, 0.4) is 0 Å². The maximum atomic E-state index is 11.7. The van der Waals surface area contributed by atoms with Gasteiger partial charge in [0.25, 0.3) is 0 Å². The molecule has 0 spiro atoms. The molecule has 0 rings (SSSR count). The standard InChI is InChI=1S/C21H36O5/c1-2-3-4-8-12-15-19(22)16-13-10-7-5-6-9-11-14-18(21(25)26)17-20(23)24/h9,11,18H,2-8,10,12-17H2,1H3,(H,23,24)(H,25,26)/b11-9+/t18-/m0/s1. The Morgan fingerprint density at radius 3 is 1.92 bits per heavy atom. The Kier molecular flexibility index (Phi) is 15.7. The molecule has 150 valence electrons. The number of carboxylic acids is 2. The van der Waals surface area contributed by atoms with E-state index in [-0.39, 0.29) is 12.8 Å². The van der Waals surface area contributed by atoms with Gasteiger partial charge in [-0.15, -0.1) is 0 Å². The van der Waals surface area contributed by atoms with E-state index in [2.05, 4.69) is 6.92 Å². The van der Waals surface area contributed by atoms with Crippen LogP contribution >= 0.6 is 0 Å². The van der Waals surface area contributed by atoms with E-state index < -0.39 is 17.9 Å². The summed E-state index contributed by atoms with van der Waals surface area (Å²) in [6.45, 7) is 2.19. The van der Waals surface area contributed by atoms with Crippen molar-refractivity contribution in [2.75, 3.05) is 0 Å². The lowest BCUT2D eigenvalue weighted by molar-refractivity contribution is -0.148. The van der Waals surface area contributed by atoms with Gasteiger partial charge in [0.2, 0.25) is 0 Å². The summed E-state index contributed by atoms with van der Waals surface area (Å²) in [6.07, 6.45) is 15.9. The molecule has 0 aromatic heterocycles. The highest BCUT2D eigenvalue weighted by atomic mass is 16.4. The van der Waals surface area contributed by atoms with E-state index in [0.717, 1.165) is 44.9 Å². The summed E-state index contributed by atoms with van der Waals surface area (Å²) in [5.74, 6) is -2.61. The Hall–Kier alpha value is -1.65. The van der Waals surface area contributed by atoms with Crippen LogP contribution in [0.5, 0.6) is 0 Å². The fraction of sp³-hybridized carbons (Fsp3) is 0.762. The minimum absolute atomic E-state index is 0.258. The van der Waals surface area contributed by atoms with Gasteiger partial charge in [0.05, 0.1) is 12.3 Å². The number of hydrogen-bond acceptors (Lipinski definition) is 3. The molecular formula is C21H36O5. The highest BCUT2D eigenvalue weighted by Gasteiger charge is 2.19. The molecule has 0 aromatic carbocycles. The van der Waals surface area contributed by atoms with Crippen LogP contribution < -0.4 is 0 Å². The number of rotatable bonds is 18. The zero-order valence-electron chi connectivity index (χ0n) is 16.3. The molecule has 0 heterocycles. The lowest BCUT2D eigenvalue weighted by Gasteiger charge is -2.05. The van der Waals surface area contributed by atoms with Gasteiger partial charge in [-0.25, -0.2) is 0 Å². The number of carboxylic acid groups (broad SMARTS) is 2. The van der Waals surface area contributed by atoms with Gasteiger partial charge in [-0.2, -0.15) is 0 Å². The van der Waals surface area contributed by atoms with Gasteiger partial charge in [0.15, 0.2) is 0 Å². The molecule has 0 aliphatic rings. The number of ketones is 1. The van der Waals surface area contributed by atoms with Crippen LogP contribution in [0.1, 0.15) is 96.8 Å². The minimum atomic E-state index is -1.08.